The van der Waals surface area contributed by atoms with Crippen LogP contribution in [0, 0.1) is 5.41 Å². The maximum atomic E-state index is 6.33. The molecule has 0 aromatic heterocycles. The van der Waals surface area contributed by atoms with Crippen molar-refractivity contribution >= 4 is 0 Å². The first-order valence-electron chi connectivity index (χ1n) is 15.5. The first-order valence-corrected chi connectivity index (χ1v) is 15.5. The highest BCUT2D eigenvalue weighted by atomic mass is 16.5. The Bertz CT molecular complexity index is 445. The minimum Gasteiger partial charge on any atom is -0.381 e. The van der Waals surface area contributed by atoms with Gasteiger partial charge in [0.15, 0.2) is 0 Å². The third-order valence-electron chi connectivity index (χ3n) is 6.82. The summed E-state index contributed by atoms with van der Waals surface area (Å²) in [5, 5.41) is 0. The van der Waals surface area contributed by atoms with Crippen molar-refractivity contribution in [2.75, 3.05) is 108 Å². The van der Waals surface area contributed by atoms with E-state index in [9.17, 15) is 0 Å². The summed E-state index contributed by atoms with van der Waals surface area (Å²) in [6.45, 7) is 12.8. The van der Waals surface area contributed by atoms with Gasteiger partial charge in [0.2, 0.25) is 0 Å². The number of hydrogen-bond acceptors (Lipinski definition) is 4. The van der Waals surface area contributed by atoms with Crippen LogP contribution in [0.1, 0.15) is 90.9 Å². The zero-order chi connectivity index (χ0) is 27.9. The molecule has 0 amide bonds. The van der Waals surface area contributed by atoms with E-state index in [0.717, 1.165) is 93.8 Å². The lowest BCUT2D eigenvalue weighted by Crippen LogP contribution is -2.42. The molecule has 6 heteroatoms. The molecule has 37 heavy (non-hydrogen) atoms. The molecule has 0 saturated heterocycles. The van der Waals surface area contributed by atoms with Crippen molar-refractivity contribution in [3.8, 4) is 0 Å². The molecule has 0 rings (SSSR count). The van der Waals surface area contributed by atoms with E-state index in [4.69, 9.17) is 18.9 Å². The van der Waals surface area contributed by atoms with E-state index in [-0.39, 0.29) is 5.41 Å². The van der Waals surface area contributed by atoms with Crippen molar-refractivity contribution in [3.05, 3.63) is 0 Å². The Hall–Kier alpha value is -0.240. The highest BCUT2D eigenvalue weighted by Gasteiger charge is 2.32. The van der Waals surface area contributed by atoms with Crippen molar-refractivity contribution in [3.63, 3.8) is 0 Å². The molecule has 224 valence electrons. The van der Waals surface area contributed by atoms with Crippen LogP contribution in [0.15, 0.2) is 0 Å². The van der Waals surface area contributed by atoms with Crippen LogP contribution in [-0.4, -0.2) is 117 Å². The van der Waals surface area contributed by atoms with Crippen molar-refractivity contribution in [2.45, 2.75) is 90.9 Å². The van der Waals surface area contributed by atoms with Gasteiger partial charge in [0.05, 0.1) is 75.3 Å². The smallest absolute Gasteiger partial charge is 0.102 e. The molecule has 0 heterocycles. The van der Waals surface area contributed by atoms with Crippen LogP contribution in [0.4, 0.5) is 0 Å². The lowest BCUT2D eigenvalue weighted by Gasteiger charge is -2.34. The maximum absolute atomic E-state index is 6.33. The van der Waals surface area contributed by atoms with Gasteiger partial charge in [-0.3, -0.25) is 0 Å². The van der Waals surface area contributed by atoms with E-state index in [1.165, 1.54) is 44.9 Å². The Kier molecular flexibility index (Phi) is 22.4. The number of quaternary nitrogens is 2. The fourth-order valence-electron chi connectivity index (χ4n) is 4.10. The molecule has 0 saturated carbocycles. The standard InChI is InChI=1S/C31H68N2O4/c1-9-11-13-14-15-18-25-35-28-31(29-36-26-21-32(3,4)5,30-37-27-22-33(6,7)8)20-17-16-19-24-34-23-12-10-2/h9-30H2,1-8H3/q+2. The van der Waals surface area contributed by atoms with E-state index in [1.807, 2.05) is 0 Å². The number of rotatable bonds is 28. The van der Waals surface area contributed by atoms with Gasteiger partial charge in [0.1, 0.15) is 13.1 Å². The Morgan fingerprint density at radius 3 is 1.35 bits per heavy atom. The molecule has 0 atom stereocenters. The van der Waals surface area contributed by atoms with Crippen LogP contribution in [0.5, 0.6) is 0 Å². The van der Waals surface area contributed by atoms with Gasteiger partial charge in [-0.25, -0.2) is 0 Å². The minimum absolute atomic E-state index is 0.0823. The summed E-state index contributed by atoms with van der Waals surface area (Å²) >= 11 is 0. The molecular formula is C31H68N2O4+2. The normalized spacial score (nSPS) is 13.0. The molecule has 6 nitrogen and oxygen atoms in total. The number of likely N-dealkylation sites (N-methyl/N-ethyl adjacent to an activating group) is 2. The molecule has 0 aliphatic heterocycles. The zero-order valence-corrected chi connectivity index (χ0v) is 26.6. The first kappa shape index (κ1) is 36.8. The predicted octanol–water partition coefficient (Wildman–Crippen LogP) is 6.17. The van der Waals surface area contributed by atoms with Gasteiger partial charge in [-0.05, 0) is 25.7 Å². The van der Waals surface area contributed by atoms with Gasteiger partial charge < -0.3 is 27.9 Å². The predicted molar refractivity (Wildman–Crippen MR) is 158 cm³/mol. The summed E-state index contributed by atoms with van der Waals surface area (Å²) in [4.78, 5) is 0. The maximum Gasteiger partial charge on any atom is 0.102 e. The van der Waals surface area contributed by atoms with Crippen LogP contribution in [0.2, 0.25) is 0 Å². The quantitative estimate of drug-likeness (QED) is 0.0892. The lowest BCUT2D eigenvalue weighted by atomic mass is 9.84. The fraction of sp³-hybridized carbons (Fsp3) is 1.00. The highest BCUT2D eigenvalue weighted by molar-refractivity contribution is 4.80. The number of unbranched alkanes of at least 4 members (excludes halogenated alkanes) is 8. The van der Waals surface area contributed by atoms with Crippen LogP contribution >= 0.6 is 0 Å². The molecule has 0 radical (unpaired) electrons. The largest absolute Gasteiger partial charge is 0.381 e. The molecule has 0 unspecified atom stereocenters. The molecule has 0 aromatic rings. The molecular weight excluding hydrogens is 464 g/mol. The molecule has 0 spiro atoms. The topological polar surface area (TPSA) is 36.9 Å². The second kappa shape index (κ2) is 22.6. The number of ether oxygens (including phenoxy) is 4. The van der Waals surface area contributed by atoms with Crippen molar-refractivity contribution in [2.24, 2.45) is 5.41 Å². The van der Waals surface area contributed by atoms with Gasteiger partial charge >= 0.3 is 0 Å². The Morgan fingerprint density at radius 1 is 0.432 bits per heavy atom. The minimum atomic E-state index is -0.0823. The van der Waals surface area contributed by atoms with Crippen molar-refractivity contribution < 1.29 is 27.9 Å². The summed E-state index contributed by atoms with van der Waals surface area (Å²) in [5.41, 5.74) is -0.0823. The summed E-state index contributed by atoms with van der Waals surface area (Å²) in [7, 11) is 13.3. The average molecular weight is 533 g/mol. The van der Waals surface area contributed by atoms with E-state index < -0.39 is 0 Å². The Morgan fingerprint density at radius 2 is 0.838 bits per heavy atom. The third kappa shape index (κ3) is 25.8. The Balaban J connectivity index is 4.92. The molecule has 0 aromatic carbocycles. The van der Waals surface area contributed by atoms with Gasteiger partial charge in [0, 0.05) is 25.2 Å². The highest BCUT2D eigenvalue weighted by Crippen LogP contribution is 2.28. The van der Waals surface area contributed by atoms with Crippen molar-refractivity contribution in [1.82, 2.24) is 0 Å². The summed E-state index contributed by atoms with van der Waals surface area (Å²) in [6, 6.07) is 0. The third-order valence-corrected chi connectivity index (χ3v) is 6.82. The Labute approximate surface area is 232 Å². The lowest BCUT2D eigenvalue weighted by molar-refractivity contribution is -0.870. The summed E-state index contributed by atoms with van der Waals surface area (Å²) < 4.78 is 26.6. The van der Waals surface area contributed by atoms with E-state index in [2.05, 4.69) is 56.1 Å². The van der Waals surface area contributed by atoms with Crippen LogP contribution in [0.3, 0.4) is 0 Å². The summed E-state index contributed by atoms with van der Waals surface area (Å²) in [6.07, 6.45) is 14.7. The van der Waals surface area contributed by atoms with Gasteiger partial charge in [-0.1, -0.05) is 65.2 Å². The average Bonchev–Trinajstić information content (AvgIpc) is 2.81. The zero-order valence-electron chi connectivity index (χ0n) is 26.6. The summed E-state index contributed by atoms with van der Waals surface area (Å²) in [5.74, 6) is 0. The van der Waals surface area contributed by atoms with E-state index >= 15 is 0 Å². The second-order valence-electron chi connectivity index (χ2n) is 13.2. The van der Waals surface area contributed by atoms with Crippen LogP contribution in [-0.2, 0) is 18.9 Å². The van der Waals surface area contributed by atoms with Crippen molar-refractivity contribution in [1.29, 1.82) is 0 Å². The SMILES string of the molecule is CCCCCCCCOCC(CCCCCOCCCC)(COCC[N+](C)(C)C)COCC[N+](C)(C)C. The molecule has 0 fully saturated rings. The van der Waals surface area contributed by atoms with Crippen LogP contribution in [0.25, 0.3) is 0 Å². The second-order valence-corrected chi connectivity index (χ2v) is 13.2. The van der Waals surface area contributed by atoms with Gasteiger partial charge in [0.25, 0.3) is 0 Å². The van der Waals surface area contributed by atoms with Crippen LogP contribution < -0.4 is 0 Å². The number of hydrogen-bond donors (Lipinski definition) is 0. The fourth-order valence-corrected chi connectivity index (χ4v) is 4.10. The molecule has 0 aliphatic rings. The molecule has 0 N–H and O–H groups in total. The molecule has 0 aliphatic carbocycles. The molecule has 0 bridgehead atoms. The van der Waals surface area contributed by atoms with E-state index in [1.54, 1.807) is 0 Å². The first-order chi connectivity index (χ1) is 17.5. The monoisotopic (exact) mass is 533 g/mol. The van der Waals surface area contributed by atoms with Gasteiger partial charge in [-0.15, -0.1) is 0 Å². The van der Waals surface area contributed by atoms with E-state index in [0.29, 0.717) is 13.2 Å². The number of nitrogens with zero attached hydrogens (tertiary/aromatic N) is 2. The van der Waals surface area contributed by atoms with Gasteiger partial charge in [-0.2, -0.15) is 0 Å².